The van der Waals surface area contributed by atoms with Gasteiger partial charge in [0.25, 0.3) is 0 Å². The molecule has 3 N–H and O–H groups in total. The second-order valence-electron chi connectivity index (χ2n) is 6.31. The van der Waals surface area contributed by atoms with E-state index in [2.05, 4.69) is 32.7 Å². The van der Waals surface area contributed by atoms with Gasteiger partial charge in [-0.1, -0.05) is 24.3 Å². The molecule has 0 aliphatic heterocycles. The highest BCUT2D eigenvalue weighted by Crippen LogP contribution is 2.19. The summed E-state index contributed by atoms with van der Waals surface area (Å²) in [5.41, 5.74) is 4.36. The number of hydrogen-bond acceptors (Lipinski definition) is 2. The molecule has 0 spiro atoms. The van der Waals surface area contributed by atoms with Gasteiger partial charge in [0.1, 0.15) is 5.82 Å². The largest absolute Gasteiger partial charge is 0.380 e. The summed E-state index contributed by atoms with van der Waals surface area (Å²) in [6.07, 6.45) is 2.70. The molecule has 0 amide bonds. The summed E-state index contributed by atoms with van der Waals surface area (Å²) in [5, 5.41) is 7.56. The fourth-order valence-corrected chi connectivity index (χ4v) is 3.10. The third kappa shape index (κ3) is 5.68. The fraction of sp³-hybridized carbons (Fsp3) is 0.286. The van der Waals surface area contributed by atoms with Crippen LogP contribution in [0.25, 0.3) is 10.9 Å². The van der Waals surface area contributed by atoms with Gasteiger partial charge in [-0.3, -0.25) is 4.99 Å². The molecule has 5 nitrogen and oxygen atoms in total. The monoisotopic (exact) mass is 496 g/mol. The molecule has 28 heavy (non-hydrogen) atoms. The van der Waals surface area contributed by atoms with E-state index < -0.39 is 0 Å². The van der Waals surface area contributed by atoms with Crippen molar-refractivity contribution in [2.24, 2.45) is 4.99 Å². The predicted molar refractivity (Wildman–Crippen MR) is 123 cm³/mol. The fourth-order valence-electron chi connectivity index (χ4n) is 3.10. The molecule has 0 radical (unpaired) electrons. The summed E-state index contributed by atoms with van der Waals surface area (Å²) in [6, 6.07) is 13.0. The van der Waals surface area contributed by atoms with Crippen molar-refractivity contribution in [1.29, 1.82) is 0 Å². The Morgan fingerprint density at radius 3 is 2.64 bits per heavy atom. The van der Waals surface area contributed by atoms with E-state index in [0.717, 1.165) is 34.4 Å². The normalized spacial score (nSPS) is 11.3. The Morgan fingerprint density at radius 2 is 1.89 bits per heavy atom. The van der Waals surface area contributed by atoms with Crippen LogP contribution in [0.5, 0.6) is 0 Å². The van der Waals surface area contributed by atoms with E-state index in [1.165, 1.54) is 11.6 Å². The highest BCUT2D eigenvalue weighted by molar-refractivity contribution is 14.0. The Kier molecular flexibility index (Phi) is 8.72. The highest BCUT2D eigenvalue weighted by Gasteiger charge is 2.06. The van der Waals surface area contributed by atoms with Gasteiger partial charge in [-0.2, -0.15) is 0 Å². The second kappa shape index (κ2) is 11.0. The number of nitrogens with one attached hydrogen (secondary N) is 3. The van der Waals surface area contributed by atoms with Crippen LogP contribution in [0, 0.1) is 5.82 Å². The average Bonchev–Trinajstić information content (AvgIpc) is 3.08. The molecular formula is C21H26FIN4O. The van der Waals surface area contributed by atoms with Gasteiger partial charge in [-0.15, -0.1) is 24.0 Å². The number of nitrogens with zero attached hydrogens (tertiary/aromatic N) is 1. The number of guanidine groups is 1. The third-order valence-corrected chi connectivity index (χ3v) is 4.50. The summed E-state index contributed by atoms with van der Waals surface area (Å²) in [6.45, 7) is 1.95. The molecule has 0 saturated carbocycles. The van der Waals surface area contributed by atoms with Crippen LogP contribution in [0.15, 0.2) is 53.7 Å². The van der Waals surface area contributed by atoms with Crippen LogP contribution in [-0.4, -0.2) is 31.6 Å². The van der Waals surface area contributed by atoms with Crippen molar-refractivity contribution in [3.63, 3.8) is 0 Å². The molecule has 0 unspecified atom stereocenters. The smallest absolute Gasteiger partial charge is 0.191 e. The molecule has 1 heterocycles. The van der Waals surface area contributed by atoms with Gasteiger partial charge in [0.15, 0.2) is 5.96 Å². The van der Waals surface area contributed by atoms with Crippen LogP contribution in [0.4, 0.5) is 4.39 Å². The maximum absolute atomic E-state index is 13.5. The molecule has 150 valence electrons. The number of aromatic nitrogens is 1. The molecule has 0 fully saturated rings. The minimum absolute atomic E-state index is 0. The van der Waals surface area contributed by atoms with E-state index in [0.29, 0.717) is 19.7 Å². The summed E-state index contributed by atoms with van der Waals surface area (Å²) < 4.78 is 18.7. The summed E-state index contributed by atoms with van der Waals surface area (Å²) in [5.74, 6) is 0.511. The molecule has 0 aliphatic rings. The standard InChI is InChI=1S/C21H25FN4O.HI/c1-23-21(26-12-15-5-3-4-6-17(15)14-27-2)24-10-9-16-13-25-20-8-7-18(22)11-19(16)20;/h3-8,11,13,25H,9-10,12,14H2,1-2H3,(H2,23,24,26);1H. The Balaban J connectivity index is 0.00000280. The molecule has 0 aliphatic carbocycles. The number of aromatic amines is 1. The summed E-state index contributed by atoms with van der Waals surface area (Å²) in [4.78, 5) is 7.45. The molecule has 1 aromatic heterocycles. The van der Waals surface area contributed by atoms with Crippen LogP contribution in [0.2, 0.25) is 0 Å². The molecule has 0 atom stereocenters. The number of halogens is 2. The first-order chi connectivity index (χ1) is 13.2. The average molecular weight is 496 g/mol. The second-order valence-corrected chi connectivity index (χ2v) is 6.31. The molecule has 3 aromatic rings. The first kappa shape index (κ1) is 22.2. The van der Waals surface area contributed by atoms with Crippen molar-refractivity contribution in [3.05, 3.63) is 71.2 Å². The number of methoxy groups -OCH3 is 1. The lowest BCUT2D eigenvalue weighted by atomic mass is 10.1. The lowest BCUT2D eigenvalue weighted by Gasteiger charge is -2.14. The number of aliphatic imine (C=N–C) groups is 1. The van der Waals surface area contributed by atoms with E-state index in [-0.39, 0.29) is 29.8 Å². The molecule has 0 saturated heterocycles. The predicted octanol–water partition coefficient (Wildman–Crippen LogP) is 3.98. The summed E-state index contributed by atoms with van der Waals surface area (Å²) >= 11 is 0. The maximum atomic E-state index is 13.5. The van der Waals surface area contributed by atoms with Crippen molar-refractivity contribution in [1.82, 2.24) is 15.6 Å². The molecular weight excluding hydrogens is 470 g/mol. The summed E-state index contributed by atoms with van der Waals surface area (Å²) in [7, 11) is 3.44. The van der Waals surface area contributed by atoms with Gasteiger partial charge >= 0.3 is 0 Å². The van der Waals surface area contributed by atoms with Gasteiger partial charge in [0.05, 0.1) is 6.61 Å². The zero-order valence-corrected chi connectivity index (χ0v) is 18.4. The van der Waals surface area contributed by atoms with Crippen LogP contribution in [-0.2, 0) is 24.3 Å². The maximum Gasteiger partial charge on any atom is 0.191 e. The number of H-pyrrole nitrogens is 1. The minimum Gasteiger partial charge on any atom is -0.380 e. The van der Waals surface area contributed by atoms with Gasteiger partial charge in [0.2, 0.25) is 0 Å². The van der Waals surface area contributed by atoms with Crippen molar-refractivity contribution in [3.8, 4) is 0 Å². The van der Waals surface area contributed by atoms with Gasteiger partial charge < -0.3 is 20.4 Å². The highest BCUT2D eigenvalue weighted by atomic mass is 127. The Hall–Kier alpha value is -2.13. The molecule has 0 bridgehead atoms. The van der Waals surface area contributed by atoms with Crippen molar-refractivity contribution >= 4 is 40.8 Å². The number of hydrogen-bond donors (Lipinski definition) is 3. The lowest BCUT2D eigenvalue weighted by molar-refractivity contribution is 0.184. The number of fused-ring (bicyclic) bond motifs is 1. The van der Waals surface area contributed by atoms with E-state index in [1.807, 2.05) is 18.3 Å². The van der Waals surface area contributed by atoms with Crippen LogP contribution in [0.3, 0.4) is 0 Å². The first-order valence-electron chi connectivity index (χ1n) is 8.97. The molecule has 3 rings (SSSR count). The van der Waals surface area contributed by atoms with E-state index in [4.69, 9.17) is 4.74 Å². The van der Waals surface area contributed by atoms with Crippen LogP contribution in [0.1, 0.15) is 16.7 Å². The molecule has 7 heteroatoms. The zero-order chi connectivity index (χ0) is 19.1. The van der Waals surface area contributed by atoms with Crippen LogP contribution < -0.4 is 10.6 Å². The van der Waals surface area contributed by atoms with Crippen molar-refractivity contribution < 1.29 is 9.13 Å². The third-order valence-electron chi connectivity index (χ3n) is 4.50. The van der Waals surface area contributed by atoms with Crippen LogP contribution >= 0.6 is 24.0 Å². The minimum atomic E-state index is -0.219. The Bertz CT molecular complexity index is 926. The quantitative estimate of drug-likeness (QED) is 0.264. The van der Waals surface area contributed by atoms with Crippen molar-refractivity contribution in [2.75, 3.05) is 20.7 Å². The van der Waals surface area contributed by atoms with Gasteiger partial charge in [0, 0.05) is 44.3 Å². The number of ether oxygens (including phenoxy) is 1. The zero-order valence-electron chi connectivity index (χ0n) is 16.1. The topological polar surface area (TPSA) is 61.4 Å². The molecule has 2 aromatic carbocycles. The SMILES string of the molecule is CN=C(NCCc1c[nH]c2ccc(F)cc12)NCc1ccccc1COC.I. The van der Waals surface area contributed by atoms with E-state index in [9.17, 15) is 4.39 Å². The van der Waals surface area contributed by atoms with Crippen molar-refractivity contribution in [2.45, 2.75) is 19.6 Å². The number of benzene rings is 2. The van der Waals surface area contributed by atoms with Gasteiger partial charge in [-0.25, -0.2) is 4.39 Å². The lowest BCUT2D eigenvalue weighted by Crippen LogP contribution is -2.38. The Morgan fingerprint density at radius 1 is 1.11 bits per heavy atom. The first-order valence-corrected chi connectivity index (χ1v) is 8.97. The number of rotatable bonds is 7. The van der Waals surface area contributed by atoms with E-state index >= 15 is 0 Å². The Labute approximate surface area is 181 Å². The van der Waals surface area contributed by atoms with E-state index in [1.54, 1.807) is 26.3 Å². The van der Waals surface area contributed by atoms with Gasteiger partial charge in [-0.05, 0) is 41.3 Å².